The number of fused-ring (bicyclic) bond motifs is 1. The third-order valence-electron chi connectivity index (χ3n) is 6.04. The highest BCUT2D eigenvalue weighted by Crippen LogP contribution is 2.32. The molecule has 1 atom stereocenters. The predicted molar refractivity (Wildman–Crippen MR) is 157 cm³/mol. The minimum atomic E-state index is -0.681. The van der Waals surface area contributed by atoms with Crippen LogP contribution in [0.25, 0.3) is 6.08 Å². The van der Waals surface area contributed by atoms with E-state index in [-0.39, 0.29) is 18.1 Å². The first-order chi connectivity index (χ1) is 19.1. The quantitative estimate of drug-likeness (QED) is 0.209. The first kappa shape index (κ1) is 29.4. The summed E-state index contributed by atoms with van der Waals surface area (Å²) < 4.78 is 18.5. The van der Waals surface area contributed by atoms with Crippen molar-refractivity contribution in [3.63, 3.8) is 0 Å². The Balaban J connectivity index is 1.86. The first-order valence-electron chi connectivity index (χ1n) is 12.9. The highest BCUT2D eigenvalue weighted by Gasteiger charge is 2.33. The van der Waals surface area contributed by atoms with E-state index in [2.05, 4.69) is 4.99 Å². The van der Waals surface area contributed by atoms with Crippen LogP contribution in [0.5, 0.6) is 11.5 Å². The lowest BCUT2D eigenvalue weighted by Crippen LogP contribution is -2.40. The van der Waals surface area contributed by atoms with E-state index < -0.39 is 18.0 Å². The van der Waals surface area contributed by atoms with E-state index >= 15 is 0 Å². The van der Waals surface area contributed by atoms with E-state index in [1.165, 1.54) is 18.3 Å². The fourth-order valence-corrected chi connectivity index (χ4v) is 5.73. The minimum Gasteiger partial charge on any atom is -0.490 e. The molecule has 1 aromatic heterocycles. The molecular weight excluding hydrogens is 548 g/mol. The lowest BCUT2D eigenvalue weighted by atomic mass is 9.96. The lowest BCUT2D eigenvalue weighted by molar-refractivity contribution is -0.140. The summed E-state index contributed by atoms with van der Waals surface area (Å²) in [7, 11) is 0. The number of carbonyl (C=O) groups excluding carboxylic acids is 2. The zero-order valence-electron chi connectivity index (χ0n) is 23.3. The number of esters is 2. The Bertz CT molecular complexity index is 1630. The standard InChI is InChI=1S/C30H32N2O6S2/c1-7-36-24-14-20(8-13-23(24)38-19(5)33)15-25-28(34)32-27(21-9-11-22(39-6)12-10-21)26(18(4)31-30(32)40-25)29(35)37-16-17(2)3/h8-15,17,27H,7,16H2,1-6H3. The number of nitrogens with zero attached hydrogens (tertiary/aromatic N) is 2. The maximum absolute atomic E-state index is 13.9. The fraction of sp³-hybridized carbons (Fsp3) is 0.333. The van der Waals surface area contributed by atoms with Crippen molar-refractivity contribution in [3.8, 4) is 11.5 Å². The molecule has 0 saturated heterocycles. The fourth-order valence-electron chi connectivity index (χ4n) is 4.28. The Morgan fingerprint density at radius 2 is 1.88 bits per heavy atom. The van der Waals surface area contributed by atoms with Crippen LogP contribution in [-0.2, 0) is 14.3 Å². The van der Waals surface area contributed by atoms with Gasteiger partial charge in [0.1, 0.15) is 0 Å². The number of aromatic nitrogens is 1. The predicted octanol–water partition coefficient (Wildman–Crippen LogP) is 4.48. The molecule has 0 radical (unpaired) electrons. The molecule has 0 fully saturated rings. The summed E-state index contributed by atoms with van der Waals surface area (Å²) in [4.78, 5) is 44.9. The maximum Gasteiger partial charge on any atom is 0.338 e. The largest absolute Gasteiger partial charge is 0.490 e. The van der Waals surface area contributed by atoms with Crippen LogP contribution in [0.4, 0.5) is 0 Å². The SMILES string of the molecule is CCOc1cc(C=c2sc3n(c2=O)C(c2ccc(SC)cc2)C(C(=O)OCC(C)C)=C(C)N=3)ccc1OC(C)=O. The molecule has 0 saturated carbocycles. The maximum atomic E-state index is 13.9. The second-order valence-corrected chi connectivity index (χ2v) is 11.5. The number of thioether (sulfide) groups is 1. The van der Waals surface area contributed by atoms with Crippen LogP contribution in [0.15, 0.2) is 68.4 Å². The first-order valence-corrected chi connectivity index (χ1v) is 15.0. The number of hydrogen-bond donors (Lipinski definition) is 0. The van der Waals surface area contributed by atoms with E-state index in [1.54, 1.807) is 47.5 Å². The van der Waals surface area contributed by atoms with Gasteiger partial charge in [0.25, 0.3) is 5.56 Å². The van der Waals surface area contributed by atoms with Crippen molar-refractivity contribution >= 4 is 41.1 Å². The molecule has 0 aliphatic carbocycles. The number of benzene rings is 2. The van der Waals surface area contributed by atoms with Crippen LogP contribution in [-0.4, -0.2) is 36.0 Å². The molecule has 0 bridgehead atoms. The summed E-state index contributed by atoms with van der Waals surface area (Å²) in [6.07, 6.45) is 3.74. The molecule has 0 amide bonds. The molecule has 0 N–H and O–H groups in total. The van der Waals surface area contributed by atoms with Gasteiger partial charge in [-0.15, -0.1) is 11.8 Å². The summed E-state index contributed by atoms with van der Waals surface area (Å²) in [6.45, 7) is 9.52. The second kappa shape index (κ2) is 12.7. The van der Waals surface area contributed by atoms with E-state index in [0.29, 0.717) is 44.3 Å². The van der Waals surface area contributed by atoms with Crippen molar-refractivity contribution in [2.24, 2.45) is 10.9 Å². The van der Waals surface area contributed by atoms with Crippen molar-refractivity contribution in [3.05, 3.63) is 84.5 Å². The summed E-state index contributed by atoms with van der Waals surface area (Å²) >= 11 is 2.86. The Morgan fingerprint density at radius 3 is 2.50 bits per heavy atom. The van der Waals surface area contributed by atoms with Crippen LogP contribution >= 0.6 is 23.1 Å². The minimum absolute atomic E-state index is 0.166. The molecular formula is C30H32N2O6S2. The van der Waals surface area contributed by atoms with Gasteiger partial charge in [-0.2, -0.15) is 0 Å². The average molecular weight is 581 g/mol. The van der Waals surface area contributed by atoms with Crippen molar-refractivity contribution in [1.82, 2.24) is 4.57 Å². The highest BCUT2D eigenvalue weighted by atomic mass is 32.2. The Hall–Kier alpha value is -3.63. The lowest BCUT2D eigenvalue weighted by Gasteiger charge is -2.25. The summed E-state index contributed by atoms with van der Waals surface area (Å²) in [5.41, 5.74) is 2.08. The monoisotopic (exact) mass is 580 g/mol. The molecule has 3 aromatic rings. The molecule has 2 heterocycles. The number of carbonyl (C=O) groups is 2. The molecule has 8 nitrogen and oxygen atoms in total. The summed E-state index contributed by atoms with van der Waals surface area (Å²) in [5.74, 6) is -0.0609. The van der Waals surface area contributed by atoms with Crippen LogP contribution < -0.4 is 24.4 Å². The van der Waals surface area contributed by atoms with Crippen molar-refractivity contribution in [1.29, 1.82) is 0 Å². The van der Waals surface area contributed by atoms with Crippen molar-refractivity contribution in [2.45, 2.75) is 45.6 Å². The van der Waals surface area contributed by atoms with Gasteiger partial charge in [0.15, 0.2) is 16.3 Å². The van der Waals surface area contributed by atoms with Crippen molar-refractivity contribution < 1.29 is 23.8 Å². The second-order valence-electron chi connectivity index (χ2n) is 9.58. The molecule has 4 rings (SSSR count). The van der Waals surface area contributed by atoms with Crippen LogP contribution in [0.3, 0.4) is 0 Å². The zero-order chi connectivity index (χ0) is 29.0. The number of ether oxygens (including phenoxy) is 3. The van der Waals surface area contributed by atoms with E-state index in [1.807, 2.05) is 51.3 Å². The van der Waals surface area contributed by atoms with Crippen LogP contribution in [0, 0.1) is 5.92 Å². The zero-order valence-corrected chi connectivity index (χ0v) is 25.0. The van der Waals surface area contributed by atoms with Gasteiger partial charge >= 0.3 is 11.9 Å². The van der Waals surface area contributed by atoms with Gasteiger partial charge in [0.2, 0.25) is 0 Å². The number of hydrogen-bond acceptors (Lipinski definition) is 9. The topological polar surface area (TPSA) is 96.2 Å². The number of rotatable bonds is 9. The molecule has 1 unspecified atom stereocenters. The van der Waals surface area contributed by atoms with E-state index in [9.17, 15) is 14.4 Å². The van der Waals surface area contributed by atoms with E-state index in [4.69, 9.17) is 14.2 Å². The molecule has 1 aliphatic rings. The smallest absolute Gasteiger partial charge is 0.338 e. The summed E-state index contributed by atoms with van der Waals surface area (Å²) in [5, 5.41) is 0. The van der Waals surface area contributed by atoms with Gasteiger partial charge in [-0.25, -0.2) is 9.79 Å². The third-order valence-corrected chi connectivity index (χ3v) is 7.77. The summed E-state index contributed by atoms with van der Waals surface area (Å²) in [6, 6.07) is 12.2. The molecule has 1 aliphatic heterocycles. The highest BCUT2D eigenvalue weighted by molar-refractivity contribution is 7.98. The Kier molecular flexibility index (Phi) is 9.32. The molecule has 40 heavy (non-hydrogen) atoms. The van der Waals surface area contributed by atoms with Crippen LogP contribution in [0.2, 0.25) is 0 Å². The Morgan fingerprint density at radius 1 is 1.15 bits per heavy atom. The molecule has 210 valence electrons. The molecule has 0 spiro atoms. The normalized spacial score (nSPS) is 15.1. The van der Waals surface area contributed by atoms with Gasteiger partial charge in [0.05, 0.1) is 35.1 Å². The van der Waals surface area contributed by atoms with E-state index in [0.717, 1.165) is 10.5 Å². The number of thiazole rings is 1. The van der Waals surface area contributed by atoms with Gasteiger partial charge < -0.3 is 14.2 Å². The van der Waals surface area contributed by atoms with Gasteiger partial charge in [-0.3, -0.25) is 14.2 Å². The van der Waals surface area contributed by atoms with Crippen LogP contribution in [0.1, 0.15) is 51.8 Å². The molecule has 10 heteroatoms. The average Bonchev–Trinajstić information content (AvgIpc) is 3.22. The third kappa shape index (κ3) is 6.39. The Labute approximate surface area is 241 Å². The number of allylic oxidation sites excluding steroid dienone is 1. The van der Waals surface area contributed by atoms with Crippen molar-refractivity contribution in [2.75, 3.05) is 19.5 Å². The van der Waals surface area contributed by atoms with Gasteiger partial charge in [0, 0.05) is 11.8 Å². The van der Waals surface area contributed by atoms with Gasteiger partial charge in [-0.05, 0) is 67.5 Å². The molecule has 2 aromatic carbocycles. The van der Waals surface area contributed by atoms with Gasteiger partial charge in [-0.1, -0.05) is 43.4 Å².